The number of esters is 2. The minimum absolute atomic E-state index is 0.00747. The molecular formula is C75H27NO7. The highest BCUT2D eigenvalue weighted by Crippen LogP contribution is 2.96. The molecule has 0 radical (unpaired) electrons. The van der Waals surface area contributed by atoms with E-state index in [1.165, 1.54) is 259 Å². The number of unbranched alkanes of at least 4 members (excludes halogenated alkanes) is 2. The molecule has 2 spiro atoms. The van der Waals surface area contributed by atoms with Crippen LogP contribution in [0.1, 0.15) is 41.5 Å². The fraction of sp³-hybridized carbons (Fsp3) is 0.200. The average molecular weight is 1050 g/mol. The van der Waals surface area contributed by atoms with Crippen LogP contribution >= 0.6 is 0 Å². The van der Waals surface area contributed by atoms with Gasteiger partial charge >= 0.3 is 11.9 Å². The van der Waals surface area contributed by atoms with E-state index in [1.807, 2.05) is 0 Å². The normalized spacial score (nSPS) is 22.3. The zero-order valence-electron chi connectivity index (χ0n) is 43.7. The molecule has 1 fully saturated rings. The molecule has 28 aromatic rings. The first kappa shape index (κ1) is 36.0. The summed E-state index contributed by atoms with van der Waals surface area (Å²) < 4.78 is 31.2. The number of carbonyl (C=O) groups is 2. The number of nitrogens with two attached hydrogens (primary N) is 1. The highest BCUT2D eigenvalue weighted by Gasteiger charge is 3.01. The van der Waals surface area contributed by atoms with Gasteiger partial charge in [0.05, 0.1) is 50.5 Å². The zero-order chi connectivity index (χ0) is 51.5. The van der Waals surface area contributed by atoms with Crippen LogP contribution < -0.4 is 5.73 Å². The number of hydrogen-bond donors (Lipinski definition) is 1. The smallest absolute Gasteiger partial charge is 0.326 e. The van der Waals surface area contributed by atoms with Crippen LogP contribution in [-0.2, 0) is 44.1 Å². The molecule has 8 heteroatoms. The van der Waals surface area contributed by atoms with Crippen molar-refractivity contribution in [1.82, 2.24) is 0 Å². The monoisotopic (exact) mass is 1050 g/mol. The van der Waals surface area contributed by atoms with Crippen LogP contribution in [0.15, 0.2) is 0 Å². The molecule has 2 N–H and O–H groups in total. The lowest BCUT2D eigenvalue weighted by molar-refractivity contribution is -0.167. The van der Waals surface area contributed by atoms with Crippen molar-refractivity contribution in [3.63, 3.8) is 0 Å². The first-order valence-corrected chi connectivity index (χ1v) is 30.7. The van der Waals surface area contributed by atoms with Crippen molar-refractivity contribution in [2.75, 3.05) is 59.9 Å². The van der Waals surface area contributed by atoms with Gasteiger partial charge in [-0.1, -0.05) is 0 Å². The minimum Gasteiger partial charge on any atom is -0.465 e. The number of benzene rings is 18. The Labute approximate surface area is 457 Å². The SMILES string of the molecule is COCCOCCOCCOC(=O)C1(C(=O)OCCCCCN)C23c4c5c6c7c8c9c(c%10c%11c2c2c4c4c%12c5c5c6c6c8c8c%13c9c9c%10c%10c%11c%11c2c2c4c4c%12c%12c5c5c6c8c6c8c%13c9c9c%10c%10c%11c2c2c4c4c%12c5c6c5c8c9c%10c2c45)C713. The molecule has 5 aliphatic rings. The maximum absolute atomic E-state index is 17.4. The molecule has 1 saturated carbocycles. The van der Waals surface area contributed by atoms with Crippen molar-refractivity contribution in [3.05, 3.63) is 22.3 Å². The Morgan fingerprint density at radius 1 is 0.265 bits per heavy atom. The van der Waals surface area contributed by atoms with Crippen molar-refractivity contribution in [1.29, 1.82) is 0 Å². The molecule has 83 heavy (non-hydrogen) atoms. The summed E-state index contributed by atoms with van der Waals surface area (Å²) in [4.78, 5) is 34.7. The predicted octanol–water partition coefficient (Wildman–Crippen LogP) is 16.2. The van der Waals surface area contributed by atoms with Crippen LogP contribution in [0.3, 0.4) is 0 Å². The van der Waals surface area contributed by atoms with Gasteiger partial charge in [0.2, 0.25) is 0 Å². The first-order valence-electron chi connectivity index (χ1n) is 30.7. The van der Waals surface area contributed by atoms with E-state index in [1.54, 1.807) is 61.0 Å². The largest absolute Gasteiger partial charge is 0.465 e. The summed E-state index contributed by atoms with van der Waals surface area (Å²) in [7, 11) is 1.67. The molecule has 374 valence electrons. The summed E-state index contributed by atoms with van der Waals surface area (Å²) in [5, 5.41) is 79.0. The molecule has 8 nitrogen and oxygen atoms in total. The number of methoxy groups -OCH3 is 1. The molecule has 5 aliphatic carbocycles. The van der Waals surface area contributed by atoms with Crippen LogP contribution in [0.2, 0.25) is 0 Å². The Bertz CT molecular complexity index is 7000. The van der Waals surface area contributed by atoms with Gasteiger partial charge in [0, 0.05) is 7.11 Å². The van der Waals surface area contributed by atoms with Gasteiger partial charge in [-0.25, -0.2) is 0 Å². The van der Waals surface area contributed by atoms with Crippen molar-refractivity contribution in [3.8, 4) is 0 Å². The van der Waals surface area contributed by atoms with E-state index in [2.05, 4.69) is 0 Å². The molecule has 0 heterocycles. The third kappa shape index (κ3) is 2.21. The summed E-state index contributed by atoms with van der Waals surface area (Å²) in [5.41, 5.74) is 6.99. The van der Waals surface area contributed by atoms with Crippen molar-refractivity contribution < 1.29 is 33.3 Å². The number of hydrogen-bond acceptors (Lipinski definition) is 8. The fourth-order valence-corrected chi connectivity index (χ4v) is 26.7. The van der Waals surface area contributed by atoms with Crippen molar-refractivity contribution >= 4 is 303 Å². The molecule has 0 aromatic heterocycles. The average Bonchev–Trinajstić information content (AvgIpc) is 1.36. The summed E-state index contributed by atoms with van der Waals surface area (Å²) in [6.45, 7) is 2.73. The molecule has 28 aromatic carbocycles. The number of ether oxygens (including phenoxy) is 5. The van der Waals surface area contributed by atoms with Gasteiger partial charge in [0.15, 0.2) is 5.41 Å². The fourth-order valence-electron chi connectivity index (χ4n) is 26.7. The molecule has 0 saturated heterocycles. The zero-order valence-corrected chi connectivity index (χ0v) is 43.7. The third-order valence-electron chi connectivity index (χ3n) is 27.3. The van der Waals surface area contributed by atoms with Crippen LogP contribution in [0.4, 0.5) is 0 Å². The molecule has 0 unspecified atom stereocenters. The van der Waals surface area contributed by atoms with Gasteiger partial charge in [-0.15, -0.1) is 0 Å². The van der Waals surface area contributed by atoms with E-state index < -0.39 is 28.2 Å². The van der Waals surface area contributed by atoms with Crippen molar-refractivity contribution in [2.45, 2.75) is 30.1 Å². The van der Waals surface area contributed by atoms with Gasteiger partial charge < -0.3 is 29.4 Å². The lowest BCUT2D eigenvalue weighted by atomic mass is 9.68. The summed E-state index contributed by atoms with van der Waals surface area (Å²) >= 11 is 0. The Morgan fingerprint density at radius 2 is 0.470 bits per heavy atom. The molecular weight excluding hydrogens is 1030 g/mol. The highest BCUT2D eigenvalue weighted by atomic mass is 16.6. The second kappa shape index (κ2) is 9.07. The quantitative estimate of drug-likeness (QED) is 0.0441. The summed E-state index contributed by atoms with van der Waals surface area (Å²) in [5.74, 6) is -0.878. The minimum atomic E-state index is -1.79. The van der Waals surface area contributed by atoms with E-state index in [9.17, 15) is 0 Å². The van der Waals surface area contributed by atoms with E-state index in [-0.39, 0.29) is 19.8 Å². The van der Waals surface area contributed by atoms with Gasteiger partial charge in [0.25, 0.3) is 0 Å². The van der Waals surface area contributed by atoms with Crippen LogP contribution in [0.25, 0.3) is 291 Å². The maximum Gasteiger partial charge on any atom is 0.326 e. The highest BCUT2D eigenvalue weighted by molar-refractivity contribution is 6.82. The van der Waals surface area contributed by atoms with Gasteiger partial charge in [0.1, 0.15) is 6.61 Å². The lowest BCUT2D eigenvalue weighted by Gasteiger charge is -2.32. The molecule has 0 atom stereocenters. The molecule has 0 bridgehead atoms. The van der Waals surface area contributed by atoms with Crippen LogP contribution in [0.5, 0.6) is 0 Å². The van der Waals surface area contributed by atoms with E-state index in [4.69, 9.17) is 29.4 Å². The molecule has 33 rings (SSSR count). The van der Waals surface area contributed by atoms with E-state index >= 15 is 9.59 Å². The maximum atomic E-state index is 17.4. The standard InChI is InChI=1S/C75H27NO7/c1-79-7-8-80-9-10-81-11-12-83-72(78)75(71(77)82-6-4-2-3-5-76)73-67-59-51-41-31-23-15-13-14-17-21-19(15)27-35-29(21)39-33-25(17)26-18(14)22-20-16(13)24(23)32-38-28(20)36-30(22)40-34(26)44-43(33)53-47(39)57-49(35)55(45(51)37(27)31)63(67)65(57)69-61(53)62-54(44)48(40)58-50(36)56-46(38)52(42(32)41)60(59)68(73)64(56)66(58)70(62)74(69,73)75/h2-12,76H2,1H3. The number of carbonyl (C=O) groups excluding carboxylic acids is 2. The summed E-state index contributed by atoms with van der Waals surface area (Å²) in [6, 6.07) is 0. The van der Waals surface area contributed by atoms with Gasteiger partial charge in [-0.3, -0.25) is 9.59 Å². The Morgan fingerprint density at radius 3 is 0.699 bits per heavy atom. The first-order chi connectivity index (χ1) is 41.2. The van der Waals surface area contributed by atoms with E-state index in [0.717, 1.165) is 12.8 Å². The molecule has 0 aliphatic heterocycles. The van der Waals surface area contributed by atoms with Crippen molar-refractivity contribution in [2.24, 2.45) is 11.1 Å². The Hall–Kier alpha value is -8.76. The second-order valence-corrected chi connectivity index (χ2v) is 28.3. The molecule has 0 amide bonds. The third-order valence-corrected chi connectivity index (χ3v) is 27.3. The lowest BCUT2D eigenvalue weighted by Crippen LogP contribution is -2.39. The van der Waals surface area contributed by atoms with Crippen LogP contribution in [0, 0.1) is 5.41 Å². The summed E-state index contributed by atoms with van der Waals surface area (Å²) in [6.07, 6.45) is 2.36. The van der Waals surface area contributed by atoms with Crippen LogP contribution in [-0.4, -0.2) is 71.8 Å². The number of rotatable bonds is 16. The topological polar surface area (TPSA) is 106 Å². The predicted molar refractivity (Wildman–Crippen MR) is 335 cm³/mol. The second-order valence-electron chi connectivity index (χ2n) is 28.3. The van der Waals surface area contributed by atoms with E-state index in [0.29, 0.717) is 39.4 Å². The Balaban J connectivity index is 0.920. The van der Waals surface area contributed by atoms with Gasteiger partial charge in [-0.2, -0.15) is 0 Å². The van der Waals surface area contributed by atoms with Gasteiger partial charge in [-0.05, 0) is 339 Å². The Kier molecular flexibility index (Phi) is 3.93.